The number of carbonyl (C=O) groups excluding carboxylic acids is 3. The second kappa shape index (κ2) is 14.2. The van der Waals surface area contributed by atoms with Gasteiger partial charge in [-0.15, -0.1) is 11.8 Å². The van der Waals surface area contributed by atoms with Gasteiger partial charge in [0.2, 0.25) is 5.91 Å². The Bertz CT molecular complexity index is 1870. The second-order valence-electron chi connectivity index (χ2n) is 10.6. The number of rotatable bonds is 10. The lowest BCUT2D eigenvalue weighted by Crippen LogP contribution is -2.30. The van der Waals surface area contributed by atoms with Gasteiger partial charge in [0, 0.05) is 35.9 Å². The summed E-state index contributed by atoms with van der Waals surface area (Å²) in [5.74, 6) is -1.04. The Balaban J connectivity index is 1.28. The molecule has 10 heteroatoms. The van der Waals surface area contributed by atoms with E-state index >= 15 is 0 Å². The molecule has 5 aromatic rings. The monoisotopic (exact) mass is 635 g/mol. The lowest BCUT2D eigenvalue weighted by atomic mass is 10.1. The topological polar surface area (TPSA) is 103 Å². The highest BCUT2D eigenvalue weighted by Gasteiger charge is 2.18. The fraction of sp³-hybridized carbons (Fsp3) is 0.143. The Kier molecular flexibility index (Phi) is 9.96. The van der Waals surface area contributed by atoms with Gasteiger partial charge in [-0.05, 0) is 85.6 Å². The number of anilines is 3. The van der Waals surface area contributed by atoms with Crippen LogP contribution in [0, 0.1) is 6.92 Å². The molecule has 0 saturated carbocycles. The Morgan fingerprint density at radius 1 is 0.889 bits per heavy atom. The lowest BCUT2D eigenvalue weighted by Gasteiger charge is -2.14. The molecule has 3 N–H and O–H groups in total. The summed E-state index contributed by atoms with van der Waals surface area (Å²) in [5, 5.41) is 8.73. The Morgan fingerprint density at radius 2 is 1.64 bits per heavy atom. The zero-order valence-electron chi connectivity index (χ0n) is 25.3. The van der Waals surface area contributed by atoms with E-state index in [1.807, 2.05) is 87.4 Å². The molecule has 0 fully saturated rings. The largest absolute Gasteiger partial charge is 0.378 e. The fourth-order valence-corrected chi connectivity index (χ4v) is 6.27. The van der Waals surface area contributed by atoms with E-state index in [2.05, 4.69) is 27.0 Å². The van der Waals surface area contributed by atoms with Crippen molar-refractivity contribution in [2.24, 2.45) is 0 Å². The second-order valence-corrected chi connectivity index (χ2v) is 13.0. The van der Waals surface area contributed by atoms with E-state index in [1.54, 1.807) is 42.5 Å². The van der Waals surface area contributed by atoms with E-state index in [4.69, 9.17) is 0 Å². The van der Waals surface area contributed by atoms with Crippen LogP contribution in [0.25, 0.3) is 16.3 Å². The number of aromatic nitrogens is 1. The quantitative estimate of drug-likeness (QED) is 0.111. The SMILES string of the molecule is Cc1ccc2nc(NC(=O)C(C)Sc3cccc(NC(=O)/C(=C\c4ccc(N(C)C)cc4)NC(=O)c4ccccc4)c3)sc2c1. The van der Waals surface area contributed by atoms with E-state index in [1.165, 1.54) is 23.1 Å². The van der Waals surface area contributed by atoms with Crippen molar-refractivity contribution < 1.29 is 14.4 Å². The van der Waals surface area contributed by atoms with E-state index < -0.39 is 17.1 Å². The molecule has 5 rings (SSSR count). The molecule has 0 radical (unpaired) electrons. The zero-order chi connectivity index (χ0) is 31.9. The molecule has 1 aromatic heterocycles. The van der Waals surface area contributed by atoms with Crippen LogP contribution >= 0.6 is 23.1 Å². The minimum absolute atomic E-state index is 0.0956. The third-order valence-corrected chi connectivity index (χ3v) is 8.82. The van der Waals surface area contributed by atoms with Crippen LogP contribution in [-0.4, -0.2) is 42.1 Å². The number of thiazole rings is 1. The number of nitrogens with zero attached hydrogens (tertiary/aromatic N) is 2. The maximum absolute atomic E-state index is 13.5. The zero-order valence-corrected chi connectivity index (χ0v) is 27.0. The molecule has 1 unspecified atom stereocenters. The molecule has 1 atom stereocenters. The molecular formula is C35H33N5O3S2. The van der Waals surface area contributed by atoms with Crippen LogP contribution < -0.4 is 20.9 Å². The molecule has 0 aliphatic carbocycles. The van der Waals surface area contributed by atoms with Crippen molar-refractivity contribution in [2.45, 2.75) is 24.0 Å². The van der Waals surface area contributed by atoms with E-state index in [0.717, 1.165) is 31.9 Å². The van der Waals surface area contributed by atoms with Crippen LogP contribution in [-0.2, 0) is 9.59 Å². The highest BCUT2D eigenvalue weighted by atomic mass is 32.2. The Labute approximate surface area is 270 Å². The van der Waals surface area contributed by atoms with Crippen molar-refractivity contribution in [2.75, 3.05) is 29.6 Å². The molecule has 0 aliphatic heterocycles. The summed E-state index contributed by atoms with van der Waals surface area (Å²) in [4.78, 5) is 46.8. The van der Waals surface area contributed by atoms with E-state index in [0.29, 0.717) is 16.4 Å². The van der Waals surface area contributed by atoms with Crippen molar-refractivity contribution in [1.82, 2.24) is 10.3 Å². The number of hydrogen-bond acceptors (Lipinski definition) is 7. The Hall–Kier alpha value is -4.93. The predicted octanol–water partition coefficient (Wildman–Crippen LogP) is 7.20. The molecule has 0 spiro atoms. The first-order valence-electron chi connectivity index (χ1n) is 14.3. The first kappa shape index (κ1) is 31.5. The number of carbonyl (C=O) groups is 3. The van der Waals surface area contributed by atoms with Gasteiger partial charge in [0.05, 0.1) is 15.5 Å². The third-order valence-electron chi connectivity index (χ3n) is 6.80. The molecule has 4 aromatic carbocycles. The average Bonchev–Trinajstić information content (AvgIpc) is 3.42. The molecule has 45 heavy (non-hydrogen) atoms. The smallest absolute Gasteiger partial charge is 0.272 e. The summed E-state index contributed by atoms with van der Waals surface area (Å²) in [6.45, 7) is 3.85. The minimum atomic E-state index is -0.477. The van der Waals surface area contributed by atoms with Crippen molar-refractivity contribution in [3.05, 3.63) is 119 Å². The lowest BCUT2D eigenvalue weighted by molar-refractivity contribution is -0.115. The third kappa shape index (κ3) is 8.37. The van der Waals surface area contributed by atoms with Crippen LogP contribution in [0.15, 0.2) is 108 Å². The van der Waals surface area contributed by atoms with Crippen LogP contribution in [0.2, 0.25) is 0 Å². The standard InChI is InChI=1S/C35H33N5O3S2/c1-22-13-18-29-31(19-22)45-35(38-29)39-32(41)23(2)44-28-12-8-11-26(21-28)36-34(43)30(37-33(42)25-9-6-5-7-10-25)20-24-14-16-27(17-15-24)40(3)4/h5-21,23H,1-4H3,(H,36,43)(H,37,42)(H,38,39,41)/b30-20+. The predicted molar refractivity (Wildman–Crippen MR) is 186 cm³/mol. The van der Waals surface area contributed by atoms with E-state index in [-0.39, 0.29) is 11.6 Å². The first-order chi connectivity index (χ1) is 21.6. The van der Waals surface area contributed by atoms with Crippen molar-refractivity contribution in [3.63, 3.8) is 0 Å². The van der Waals surface area contributed by atoms with E-state index in [9.17, 15) is 14.4 Å². The minimum Gasteiger partial charge on any atom is -0.378 e. The summed E-state index contributed by atoms with van der Waals surface area (Å²) in [6, 6.07) is 29.6. The van der Waals surface area contributed by atoms with Crippen LogP contribution in [0.3, 0.4) is 0 Å². The van der Waals surface area contributed by atoms with Gasteiger partial charge in [-0.1, -0.05) is 53.8 Å². The van der Waals surface area contributed by atoms with Gasteiger partial charge >= 0.3 is 0 Å². The number of thioether (sulfide) groups is 1. The van der Waals surface area contributed by atoms with Gasteiger partial charge < -0.3 is 20.9 Å². The average molecular weight is 636 g/mol. The van der Waals surface area contributed by atoms with Gasteiger partial charge in [0.15, 0.2) is 5.13 Å². The molecule has 0 aliphatic rings. The number of hydrogen-bond donors (Lipinski definition) is 3. The van der Waals surface area contributed by atoms with Crippen molar-refractivity contribution in [3.8, 4) is 0 Å². The van der Waals surface area contributed by atoms with Crippen molar-refractivity contribution >= 4 is 73.6 Å². The number of aryl methyl sites for hydroxylation is 1. The van der Waals surface area contributed by atoms with Crippen LogP contribution in [0.5, 0.6) is 0 Å². The highest BCUT2D eigenvalue weighted by molar-refractivity contribution is 8.00. The van der Waals surface area contributed by atoms with Crippen LogP contribution in [0.1, 0.15) is 28.4 Å². The van der Waals surface area contributed by atoms with Gasteiger partial charge in [0.25, 0.3) is 11.8 Å². The molecule has 0 saturated heterocycles. The molecule has 228 valence electrons. The fourth-order valence-electron chi connectivity index (χ4n) is 4.37. The molecule has 3 amide bonds. The highest BCUT2D eigenvalue weighted by Crippen LogP contribution is 2.30. The normalized spacial score (nSPS) is 12.0. The Morgan fingerprint density at radius 3 is 2.38 bits per heavy atom. The maximum atomic E-state index is 13.5. The van der Waals surface area contributed by atoms with Crippen molar-refractivity contribution in [1.29, 1.82) is 0 Å². The van der Waals surface area contributed by atoms with Gasteiger partial charge in [-0.25, -0.2) is 4.98 Å². The molecular weight excluding hydrogens is 603 g/mol. The van der Waals surface area contributed by atoms with Gasteiger partial charge in [0.1, 0.15) is 5.70 Å². The molecule has 8 nitrogen and oxygen atoms in total. The number of nitrogens with one attached hydrogen (secondary N) is 3. The summed E-state index contributed by atoms with van der Waals surface area (Å²) >= 11 is 2.81. The van der Waals surface area contributed by atoms with Gasteiger partial charge in [-0.3, -0.25) is 14.4 Å². The maximum Gasteiger partial charge on any atom is 0.272 e. The number of fused-ring (bicyclic) bond motifs is 1. The van der Waals surface area contributed by atoms with Gasteiger partial charge in [-0.2, -0.15) is 0 Å². The summed E-state index contributed by atoms with van der Waals surface area (Å²) in [6.07, 6.45) is 1.64. The summed E-state index contributed by atoms with van der Waals surface area (Å²) in [7, 11) is 3.90. The summed E-state index contributed by atoms with van der Waals surface area (Å²) < 4.78 is 1.02. The number of benzene rings is 4. The number of amides is 3. The summed E-state index contributed by atoms with van der Waals surface area (Å²) in [5.41, 5.74) is 4.82. The molecule has 1 heterocycles. The van der Waals surface area contributed by atoms with Crippen LogP contribution in [0.4, 0.5) is 16.5 Å². The molecule has 0 bridgehead atoms. The first-order valence-corrected chi connectivity index (χ1v) is 16.0.